The van der Waals surface area contributed by atoms with E-state index in [-0.39, 0.29) is 24.0 Å². The van der Waals surface area contributed by atoms with Gasteiger partial charge in [-0.15, -0.1) is 24.0 Å². The molecule has 2 N–H and O–H groups in total. The zero-order valence-corrected chi connectivity index (χ0v) is 17.7. The van der Waals surface area contributed by atoms with Gasteiger partial charge in [-0.1, -0.05) is 6.92 Å². The van der Waals surface area contributed by atoms with Crippen LogP contribution in [0.4, 0.5) is 0 Å². The van der Waals surface area contributed by atoms with E-state index in [4.69, 9.17) is 4.99 Å². The number of nitrogens with zero attached hydrogens (tertiary/aromatic N) is 3. The van der Waals surface area contributed by atoms with Crippen molar-refractivity contribution in [2.45, 2.75) is 46.2 Å². The second kappa shape index (κ2) is 11.7. The summed E-state index contributed by atoms with van der Waals surface area (Å²) in [6, 6.07) is 4.63. The summed E-state index contributed by atoms with van der Waals surface area (Å²) >= 11 is 0. The number of aromatic nitrogens is 1. The zero-order valence-electron chi connectivity index (χ0n) is 15.4. The van der Waals surface area contributed by atoms with E-state index in [1.807, 2.05) is 0 Å². The average Bonchev–Trinajstić information content (AvgIpc) is 3.06. The van der Waals surface area contributed by atoms with E-state index in [1.165, 1.54) is 25.9 Å². The minimum Gasteiger partial charge on any atom is -0.357 e. The first-order valence-electron chi connectivity index (χ1n) is 9.06. The third-order valence-corrected chi connectivity index (χ3v) is 4.63. The third-order valence-electron chi connectivity index (χ3n) is 4.63. The molecule has 1 aromatic heterocycles. The fraction of sp³-hybridized carbons (Fsp3) is 0.722. The first-order valence-corrected chi connectivity index (χ1v) is 9.06. The number of hydrogen-bond acceptors (Lipinski definition) is 2. The van der Waals surface area contributed by atoms with Gasteiger partial charge in [-0.2, -0.15) is 0 Å². The normalized spacial score (nSPS) is 18.0. The topological polar surface area (TPSA) is 44.6 Å². The molecule has 1 aromatic rings. The third kappa shape index (κ3) is 7.42. The number of nitrogens with one attached hydrogen (secondary N) is 2. The lowest BCUT2D eigenvalue weighted by Gasteiger charge is -2.34. The van der Waals surface area contributed by atoms with E-state index in [0.29, 0.717) is 6.04 Å². The Morgan fingerprint density at radius 1 is 1.21 bits per heavy atom. The van der Waals surface area contributed by atoms with Crippen LogP contribution in [0.1, 0.15) is 33.6 Å². The Balaban J connectivity index is 0.00000288. The van der Waals surface area contributed by atoms with E-state index in [0.717, 1.165) is 38.1 Å². The van der Waals surface area contributed by atoms with Crippen molar-refractivity contribution in [3.05, 3.63) is 24.5 Å². The van der Waals surface area contributed by atoms with Crippen molar-refractivity contribution in [1.82, 2.24) is 20.1 Å². The van der Waals surface area contributed by atoms with Crippen LogP contribution in [0.2, 0.25) is 0 Å². The molecule has 5 nitrogen and oxygen atoms in total. The summed E-state index contributed by atoms with van der Waals surface area (Å²) in [5.41, 5.74) is 0. The molecule has 0 bridgehead atoms. The first-order chi connectivity index (χ1) is 11.2. The Morgan fingerprint density at radius 3 is 2.50 bits per heavy atom. The molecule has 0 radical (unpaired) electrons. The van der Waals surface area contributed by atoms with E-state index < -0.39 is 0 Å². The molecule has 138 valence electrons. The predicted molar refractivity (Wildman–Crippen MR) is 113 cm³/mol. The second-order valence-electron chi connectivity index (χ2n) is 6.63. The summed E-state index contributed by atoms with van der Waals surface area (Å²) < 4.78 is 2.17. The molecule has 0 aliphatic carbocycles. The van der Waals surface area contributed by atoms with Crippen LogP contribution in [-0.2, 0) is 6.54 Å². The number of hydrogen-bond donors (Lipinski definition) is 2. The molecule has 0 spiro atoms. The molecule has 24 heavy (non-hydrogen) atoms. The van der Waals surface area contributed by atoms with Crippen LogP contribution in [0, 0.1) is 5.92 Å². The Labute approximate surface area is 164 Å². The minimum absolute atomic E-state index is 0. The summed E-state index contributed by atoms with van der Waals surface area (Å²) in [7, 11) is 0. The Morgan fingerprint density at radius 2 is 1.88 bits per heavy atom. The number of guanidine groups is 1. The molecule has 1 aliphatic rings. The van der Waals surface area contributed by atoms with Crippen molar-refractivity contribution in [1.29, 1.82) is 0 Å². The van der Waals surface area contributed by atoms with Gasteiger partial charge < -0.3 is 15.2 Å². The number of aliphatic imine (C=N–C) groups is 1. The van der Waals surface area contributed by atoms with Crippen molar-refractivity contribution in [2.75, 3.05) is 32.7 Å². The quantitative estimate of drug-likeness (QED) is 0.384. The van der Waals surface area contributed by atoms with E-state index in [1.54, 1.807) is 0 Å². The monoisotopic (exact) mass is 447 g/mol. The second-order valence-corrected chi connectivity index (χ2v) is 6.63. The average molecular weight is 447 g/mol. The molecule has 1 saturated heterocycles. The largest absolute Gasteiger partial charge is 0.357 e. The molecule has 1 unspecified atom stereocenters. The Kier molecular flexibility index (Phi) is 10.4. The Bertz CT molecular complexity index is 452. The molecule has 0 amide bonds. The number of rotatable bonds is 7. The highest BCUT2D eigenvalue weighted by atomic mass is 127. The van der Waals surface area contributed by atoms with Gasteiger partial charge >= 0.3 is 0 Å². The summed E-state index contributed by atoms with van der Waals surface area (Å²) in [6.07, 6.45) is 6.82. The maximum Gasteiger partial charge on any atom is 0.191 e. The lowest BCUT2D eigenvalue weighted by Crippen LogP contribution is -2.43. The SMILES string of the molecule is CCNC(=NCC(C)N1CCC(C)CC1)NCCn1cccc1.I. The fourth-order valence-corrected chi connectivity index (χ4v) is 2.97. The molecule has 0 saturated carbocycles. The van der Waals surface area contributed by atoms with Crippen molar-refractivity contribution in [3.63, 3.8) is 0 Å². The minimum atomic E-state index is 0. The number of halogens is 1. The highest BCUT2D eigenvalue weighted by Crippen LogP contribution is 2.17. The van der Waals surface area contributed by atoms with Crippen molar-refractivity contribution < 1.29 is 0 Å². The van der Waals surface area contributed by atoms with Crippen LogP contribution < -0.4 is 10.6 Å². The molecular weight excluding hydrogens is 413 g/mol. The van der Waals surface area contributed by atoms with Gasteiger partial charge in [0, 0.05) is 38.1 Å². The van der Waals surface area contributed by atoms with E-state index in [2.05, 4.69) is 65.4 Å². The predicted octanol–water partition coefficient (Wildman–Crippen LogP) is 2.78. The Hall–Kier alpha value is -0.760. The number of piperidine rings is 1. The van der Waals surface area contributed by atoms with Crippen molar-refractivity contribution >= 4 is 29.9 Å². The van der Waals surface area contributed by atoms with Gasteiger partial charge in [0.05, 0.1) is 6.54 Å². The van der Waals surface area contributed by atoms with Gasteiger partial charge in [0.25, 0.3) is 0 Å². The molecule has 1 fully saturated rings. The molecule has 2 rings (SSSR count). The van der Waals surface area contributed by atoms with Crippen LogP contribution in [0.15, 0.2) is 29.5 Å². The summed E-state index contributed by atoms with van der Waals surface area (Å²) in [6.45, 7) is 12.8. The summed E-state index contributed by atoms with van der Waals surface area (Å²) in [5.74, 6) is 1.81. The standard InChI is InChI=1S/C18H33N5.HI/c1-4-19-18(20-9-14-22-10-5-6-11-22)21-15-17(3)23-12-7-16(2)8-13-23;/h5-6,10-11,16-17H,4,7-9,12-15H2,1-3H3,(H2,19,20,21);1H. The van der Waals surface area contributed by atoms with Crippen LogP contribution >= 0.6 is 24.0 Å². The molecular formula is C18H34IN5. The van der Waals surface area contributed by atoms with Crippen LogP contribution in [0.3, 0.4) is 0 Å². The van der Waals surface area contributed by atoms with Gasteiger partial charge in [0.15, 0.2) is 5.96 Å². The summed E-state index contributed by atoms with van der Waals surface area (Å²) in [5, 5.41) is 6.76. The first kappa shape index (κ1) is 21.3. The maximum absolute atomic E-state index is 4.77. The lowest BCUT2D eigenvalue weighted by atomic mass is 9.98. The van der Waals surface area contributed by atoms with Gasteiger partial charge in [-0.3, -0.25) is 9.89 Å². The lowest BCUT2D eigenvalue weighted by molar-refractivity contribution is 0.150. The maximum atomic E-state index is 4.77. The van der Waals surface area contributed by atoms with E-state index in [9.17, 15) is 0 Å². The van der Waals surface area contributed by atoms with Crippen molar-refractivity contribution in [2.24, 2.45) is 10.9 Å². The molecule has 2 heterocycles. The molecule has 6 heteroatoms. The van der Waals surface area contributed by atoms with Gasteiger partial charge in [0.1, 0.15) is 0 Å². The molecule has 1 aliphatic heterocycles. The van der Waals surface area contributed by atoms with Crippen LogP contribution in [-0.4, -0.2) is 54.2 Å². The highest BCUT2D eigenvalue weighted by Gasteiger charge is 2.19. The highest BCUT2D eigenvalue weighted by molar-refractivity contribution is 14.0. The van der Waals surface area contributed by atoms with Crippen LogP contribution in [0.5, 0.6) is 0 Å². The number of likely N-dealkylation sites (tertiary alicyclic amines) is 1. The molecule has 1 atom stereocenters. The zero-order chi connectivity index (χ0) is 16.5. The van der Waals surface area contributed by atoms with Crippen molar-refractivity contribution in [3.8, 4) is 0 Å². The fourth-order valence-electron chi connectivity index (χ4n) is 2.97. The van der Waals surface area contributed by atoms with E-state index >= 15 is 0 Å². The smallest absolute Gasteiger partial charge is 0.191 e. The van der Waals surface area contributed by atoms with Gasteiger partial charge in [0.2, 0.25) is 0 Å². The summed E-state index contributed by atoms with van der Waals surface area (Å²) in [4.78, 5) is 7.35. The molecule has 0 aromatic carbocycles. The van der Waals surface area contributed by atoms with Gasteiger partial charge in [-0.25, -0.2) is 0 Å². The van der Waals surface area contributed by atoms with Crippen LogP contribution in [0.25, 0.3) is 0 Å². The van der Waals surface area contributed by atoms with Gasteiger partial charge in [-0.05, 0) is 57.8 Å².